The molecule has 1 saturated heterocycles. The summed E-state index contributed by atoms with van der Waals surface area (Å²) in [6.45, 7) is 10.4. The van der Waals surface area contributed by atoms with Crippen LogP contribution in [0.15, 0.2) is 48.0 Å². The van der Waals surface area contributed by atoms with Gasteiger partial charge in [0.05, 0.1) is 24.8 Å². The minimum absolute atomic E-state index is 0.0276. The highest BCUT2D eigenvalue weighted by Gasteiger charge is 2.46. The molecule has 2 aromatic rings. The standard InChI is InChI=1S/C28H34FNO5/c1-17(2)35-15-9-14-30-24(19-10-7-8-11-21(19)29)23(26(32)27(30)33)25(31)18-12-13-22(34-6)20(16-18)28(3,4)5/h7-8,10-13,16-17,24,31H,9,14-15H2,1-6H3/b25-23+. The number of aliphatic hydroxyl groups is 1. The van der Waals surface area contributed by atoms with Gasteiger partial charge in [0.15, 0.2) is 0 Å². The summed E-state index contributed by atoms with van der Waals surface area (Å²) in [5.41, 5.74) is 0.900. The lowest BCUT2D eigenvalue weighted by atomic mass is 9.84. The first kappa shape index (κ1) is 26.4. The van der Waals surface area contributed by atoms with Gasteiger partial charge in [-0.1, -0.05) is 39.0 Å². The van der Waals surface area contributed by atoms with Crippen LogP contribution in [-0.2, 0) is 19.7 Å². The molecule has 1 N–H and O–H groups in total. The van der Waals surface area contributed by atoms with E-state index >= 15 is 0 Å². The molecule has 1 aliphatic heterocycles. The lowest BCUT2D eigenvalue weighted by Crippen LogP contribution is -2.31. The predicted octanol–water partition coefficient (Wildman–Crippen LogP) is 5.37. The van der Waals surface area contributed by atoms with Crippen LogP contribution < -0.4 is 4.74 Å². The molecule has 1 amide bonds. The number of ether oxygens (including phenoxy) is 2. The average Bonchev–Trinajstić information content (AvgIpc) is 3.05. The second-order valence-corrected chi connectivity index (χ2v) is 9.95. The molecule has 1 fully saturated rings. The first-order chi connectivity index (χ1) is 16.5. The Hall–Kier alpha value is -3.19. The number of amides is 1. The Bertz CT molecular complexity index is 1130. The van der Waals surface area contributed by atoms with Crippen LogP contribution >= 0.6 is 0 Å². The van der Waals surface area contributed by atoms with Gasteiger partial charge in [0, 0.05) is 29.8 Å². The van der Waals surface area contributed by atoms with Gasteiger partial charge in [0.1, 0.15) is 17.3 Å². The maximum atomic E-state index is 14.9. The van der Waals surface area contributed by atoms with Crippen molar-refractivity contribution >= 4 is 17.4 Å². The van der Waals surface area contributed by atoms with Crippen molar-refractivity contribution in [1.82, 2.24) is 4.90 Å². The number of aliphatic hydroxyl groups excluding tert-OH is 1. The van der Waals surface area contributed by atoms with Crippen LogP contribution in [-0.4, -0.2) is 48.1 Å². The van der Waals surface area contributed by atoms with Gasteiger partial charge >= 0.3 is 0 Å². The third kappa shape index (κ3) is 5.56. The second-order valence-electron chi connectivity index (χ2n) is 9.95. The van der Waals surface area contributed by atoms with E-state index in [2.05, 4.69) is 0 Å². The molecular weight excluding hydrogens is 449 g/mol. The van der Waals surface area contributed by atoms with Crippen LogP contribution in [0.1, 0.15) is 63.8 Å². The maximum absolute atomic E-state index is 14.9. The van der Waals surface area contributed by atoms with Crippen molar-refractivity contribution < 1.29 is 28.6 Å². The Kier molecular flexibility index (Phi) is 8.00. The number of carbonyl (C=O) groups is 2. The summed E-state index contributed by atoms with van der Waals surface area (Å²) < 4.78 is 26.0. The lowest BCUT2D eigenvalue weighted by molar-refractivity contribution is -0.140. The molecule has 2 aromatic carbocycles. The number of methoxy groups -OCH3 is 1. The highest BCUT2D eigenvalue weighted by molar-refractivity contribution is 6.46. The summed E-state index contributed by atoms with van der Waals surface area (Å²) in [7, 11) is 1.57. The number of ketones is 1. The fraction of sp³-hybridized carbons (Fsp3) is 0.429. The largest absolute Gasteiger partial charge is 0.507 e. The molecule has 0 saturated carbocycles. The SMILES string of the molecule is COc1ccc(/C(O)=C2\C(=O)C(=O)N(CCCOC(C)C)C2c2ccccc2F)cc1C(C)(C)C. The third-order valence-corrected chi connectivity index (χ3v) is 6.02. The number of Topliss-reactive ketones (excluding diaryl/α,β-unsaturated/α-hetero) is 1. The van der Waals surface area contributed by atoms with Crippen LogP contribution in [0.5, 0.6) is 5.75 Å². The Morgan fingerprint density at radius 2 is 1.83 bits per heavy atom. The highest BCUT2D eigenvalue weighted by atomic mass is 19.1. The number of nitrogens with zero attached hydrogens (tertiary/aromatic N) is 1. The van der Waals surface area contributed by atoms with Crippen LogP contribution in [0.3, 0.4) is 0 Å². The number of carbonyl (C=O) groups excluding carboxylic acids is 2. The van der Waals surface area contributed by atoms with Gasteiger partial charge in [0.2, 0.25) is 0 Å². The van der Waals surface area contributed by atoms with Gasteiger partial charge in [0.25, 0.3) is 11.7 Å². The number of rotatable bonds is 8. The molecule has 0 aromatic heterocycles. The molecule has 1 unspecified atom stereocenters. The van der Waals surface area contributed by atoms with Gasteiger partial charge in [-0.2, -0.15) is 0 Å². The minimum Gasteiger partial charge on any atom is -0.507 e. The number of hydrogen-bond donors (Lipinski definition) is 1. The number of likely N-dealkylation sites (tertiary alicyclic amines) is 1. The summed E-state index contributed by atoms with van der Waals surface area (Å²) in [5.74, 6) is -1.86. The van der Waals surface area contributed by atoms with Crippen molar-refractivity contribution in [2.45, 2.75) is 58.6 Å². The monoisotopic (exact) mass is 483 g/mol. The summed E-state index contributed by atoms with van der Waals surface area (Å²) in [6.07, 6.45) is 0.493. The Labute approximate surface area is 206 Å². The first-order valence-electron chi connectivity index (χ1n) is 11.8. The molecule has 188 valence electrons. The van der Waals surface area contributed by atoms with Crippen molar-refractivity contribution in [2.75, 3.05) is 20.3 Å². The van der Waals surface area contributed by atoms with Crippen molar-refractivity contribution in [3.05, 3.63) is 70.5 Å². The Morgan fingerprint density at radius 3 is 2.43 bits per heavy atom. The zero-order valence-corrected chi connectivity index (χ0v) is 21.2. The fourth-order valence-electron chi connectivity index (χ4n) is 4.28. The normalized spacial score (nSPS) is 17.9. The second kappa shape index (κ2) is 10.6. The first-order valence-corrected chi connectivity index (χ1v) is 11.8. The van der Waals surface area contributed by atoms with Gasteiger partial charge in [-0.15, -0.1) is 0 Å². The van der Waals surface area contributed by atoms with E-state index in [1.54, 1.807) is 37.4 Å². The average molecular weight is 484 g/mol. The van der Waals surface area contributed by atoms with Crippen LogP contribution in [0.25, 0.3) is 5.76 Å². The lowest BCUT2D eigenvalue weighted by Gasteiger charge is -2.26. The smallest absolute Gasteiger partial charge is 0.295 e. The van der Waals surface area contributed by atoms with Gasteiger partial charge < -0.3 is 19.5 Å². The summed E-state index contributed by atoms with van der Waals surface area (Å²) in [6, 6.07) is 10.0. The van der Waals surface area contributed by atoms with Crippen molar-refractivity contribution in [2.24, 2.45) is 0 Å². The summed E-state index contributed by atoms with van der Waals surface area (Å²) in [5, 5.41) is 11.3. The molecule has 0 spiro atoms. The van der Waals surface area contributed by atoms with Crippen molar-refractivity contribution in [3.63, 3.8) is 0 Å². The molecule has 35 heavy (non-hydrogen) atoms. The highest BCUT2D eigenvalue weighted by Crippen LogP contribution is 2.41. The number of hydrogen-bond acceptors (Lipinski definition) is 5. The van der Waals surface area contributed by atoms with Gasteiger partial charge in [-0.3, -0.25) is 9.59 Å². The molecule has 3 rings (SSSR count). The molecule has 7 heteroatoms. The molecule has 1 heterocycles. The summed E-state index contributed by atoms with van der Waals surface area (Å²) >= 11 is 0. The van der Waals surface area contributed by atoms with E-state index in [9.17, 15) is 19.1 Å². The van der Waals surface area contributed by atoms with Crippen LogP contribution in [0.4, 0.5) is 4.39 Å². The van der Waals surface area contributed by atoms with Crippen molar-refractivity contribution in [1.29, 1.82) is 0 Å². The molecule has 0 aliphatic carbocycles. The Morgan fingerprint density at radius 1 is 1.14 bits per heavy atom. The number of benzene rings is 2. The van der Waals surface area contributed by atoms with Gasteiger partial charge in [-0.05, 0) is 49.9 Å². The topological polar surface area (TPSA) is 76.1 Å². The fourth-order valence-corrected chi connectivity index (χ4v) is 4.28. The van der Waals surface area contributed by atoms with Crippen LogP contribution in [0.2, 0.25) is 0 Å². The Balaban J connectivity index is 2.13. The third-order valence-electron chi connectivity index (χ3n) is 6.02. The van der Waals surface area contributed by atoms with E-state index in [0.29, 0.717) is 24.3 Å². The molecule has 0 bridgehead atoms. The number of halogens is 1. The molecule has 6 nitrogen and oxygen atoms in total. The zero-order chi connectivity index (χ0) is 25.9. The van der Waals surface area contributed by atoms with E-state index in [4.69, 9.17) is 9.47 Å². The van der Waals surface area contributed by atoms with E-state index in [0.717, 1.165) is 5.56 Å². The molecule has 0 radical (unpaired) electrons. The minimum atomic E-state index is -1.05. The quantitative estimate of drug-likeness (QED) is 0.237. The molecular formula is C28H34FNO5. The zero-order valence-electron chi connectivity index (χ0n) is 21.2. The van der Waals surface area contributed by atoms with E-state index in [1.807, 2.05) is 34.6 Å². The summed E-state index contributed by atoms with van der Waals surface area (Å²) in [4.78, 5) is 27.6. The predicted molar refractivity (Wildman–Crippen MR) is 133 cm³/mol. The van der Waals surface area contributed by atoms with Gasteiger partial charge in [-0.25, -0.2) is 4.39 Å². The van der Waals surface area contributed by atoms with E-state index in [1.165, 1.54) is 17.0 Å². The van der Waals surface area contributed by atoms with E-state index in [-0.39, 0.29) is 35.0 Å². The van der Waals surface area contributed by atoms with Crippen LogP contribution in [0, 0.1) is 5.82 Å². The maximum Gasteiger partial charge on any atom is 0.295 e. The molecule has 1 aliphatic rings. The van der Waals surface area contributed by atoms with E-state index < -0.39 is 23.5 Å². The molecule has 1 atom stereocenters. The van der Waals surface area contributed by atoms with Crippen molar-refractivity contribution in [3.8, 4) is 5.75 Å².